The van der Waals surface area contributed by atoms with Crippen molar-refractivity contribution in [1.82, 2.24) is 0 Å². The second-order valence-corrected chi connectivity index (χ2v) is 5.33. The van der Waals surface area contributed by atoms with Gasteiger partial charge in [-0.3, -0.25) is 0 Å². The van der Waals surface area contributed by atoms with Gasteiger partial charge in [-0.15, -0.1) is 0 Å². The Morgan fingerprint density at radius 3 is 2.18 bits per heavy atom. The van der Waals surface area contributed by atoms with Crippen LogP contribution in [0, 0.1) is 5.92 Å². The van der Waals surface area contributed by atoms with Crippen LogP contribution in [-0.2, 0) is 5.41 Å². The van der Waals surface area contributed by atoms with Crippen LogP contribution in [0.15, 0.2) is 30.3 Å². The van der Waals surface area contributed by atoms with E-state index in [1.54, 1.807) is 0 Å². The van der Waals surface area contributed by atoms with Crippen LogP contribution in [0.4, 0.5) is 0 Å². The Morgan fingerprint density at radius 2 is 1.71 bits per heavy atom. The number of hydrogen-bond acceptors (Lipinski definition) is 2. The third-order valence-electron chi connectivity index (χ3n) is 3.60. The molecule has 2 heteroatoms. The predicted molar refractivity (Wildman–Crippen MR) is 70.7 cm³/mol. The van der Waals surface area contributed by atoms with Crippen LogP contribution in [0.3, 0.4) is 0 Å². The molecule has 0 aliphatic heterocycles. The lowest BCUT2D eigenvalue weighted by atomic mass is 9.73. The zero-order valence-corrected chi connectivity index (χ0v) is 11.1. The van der Waals surface area contributed by atoms with Gasteiger partial charge in [0.2, 0.25) is 0 Å². The van der Waals surface area contributed by atoms with Crippen LogP contribution in [-0.4, -0.2) is 16.5 Å². The molecule has 0 amide bonds. The van der Waals surface area contributed by atoms with Crippen LogP contribution in [0.1, 0.15) is 45.6 Å². The molecular formula is C15H24O2. The van der Waals surface area contributed by atoms with Gasteiger partial charge in [-0.2, -0.15) is 0 Å². The Morgan fingerprint density at radius 1 is 1.12 bits per heavy atom. The van der Waals surface area contributed by atoms with E-state index in [0.717, 1.165) is 12.8 Å². The largest absolute Gasteiger partial charge is 0.368 e. The van der Waals surface area contributed by atoms with Gasteiger partial charge in [0.25, 0.3) is 0 Å². The molecule has 0 radical (unpaired) electrons. The highest BCUT2D eigenvalue weighted by Crippen LogP contribution is 2.35. The fourth-order valence-corrected chi connectivity index (χ4v) is 2.48. The molecule has 0 heterocycles. The van der Waals surface area contributed by atoms with Crippen molar-refractivity contribution in [1.29, 1.82) is 0 Å². The highest BCUT2D eigenvalue weighted by molar-refractivity contribution is 5.24. The number of hydrogen-bond donors (Lipinski definition) is 2. The van der Waals surface area contributed by atoms with Gasteiger partial charge in [0.15, 0.2) is 6.29 Å². The molecule has 0 aliphatic carbocycles. The van der Waals surface area contributed by atoms with E-state index in [4.69, 9.17) is 0 Å². The second kappa shape index (κ2) is 6.18. The maximum atomic E-state index is 9.29. The second-order valence-electron chi connectivity index (χ2n) is 5.33. The molecule has 2 unspecified atom stereocenters. The molecule has 17 heavy (non-hydrogen) atoms. The number of rotatable bonds is 6. The Hall–Kier alpha value is -0.860. The zero-order chi connectivity index (χ0) is 12.9. The summed E-state index contributed by atoms with van der Waals surface area (Å²) in [5.41, 5.74) is 1.03. The summed E-state index contributed by atoms with van der Waals surface area (Å²) in [5, 5.41) is 18.6. The van der Waals surface area contributed by atoms with Crippen molar-refractivity contribution in [2.75, 3.05) is 0 Å². The third kappa shape index (κ3) is 4.14. The molecule has 1 rings (SSSR count). The molecule has 2 N–H and O–H groups in total. The minimum absolute atomic E-state index is 0.162. The maximum Gasteiger partial charge on any atom is 0.152 e. The fourth-order valence-electron chi connectivity index (χ4n) is 2.48. The first-order chi connectivity index (χ1) is 7.98. The lowest BCUT2D eigenvalue weighted by Gasteiger charge is -2.33. The van der Waals surface area contributed by atoms with E-state index in [0.29, 0.717) is 12.3 Å². The summed E-state index contributed by atoms with van der Waals surface area (Å²) in [4.78, 5) is 0. The number of benzene rings is 1. The lowest BCUT2D eigenvalue weighted by Crippen LogP contribution is -2.30. The molecule has 0 spiro atoms. The van der Waals surface area contributed by atoms with E-state index in [1.165, 1.54) is 5.56 Å². The molecule has 2 nitrogen and oxygen atoms in total. The summed E-state index contributed by atoms with van der Waals surface area (Å²) in [7, 11) is 0. The average Bonchev–Trinajstić information content (AvgIpc) is 2.29. The third-order valence-corrected chi connectivity index (χ3v) is 3.60. The van der Waals surface area contributed by atoms with E-state index in [9.17, 15) is 10.2 Å². The summed E-state index contributed by atoms with van der Waals surface area (Å²) in [5.74, 6) is 0.582. The molecule has 1 aromatic rings. The van der Waals surface area contributed by atoms with Gasteiger partial charge < -0.3 is 10.2 Å². The molecule has 0 aliphatic rings. The quantitative estimate of drug-likeness (QED) is 0.745. The van der Waals surface area contributed by atoms with Gasteiger partial charge in [0.05, 0.1) is 0 Å². The van der Waals surface area contributed by atoms with Crippen LogP contribution < -0.4 is 0 Å². The molecule has 96 valence electrons. The predicted octanol–water partition coefficient (Wildman–Crippen LogP) is 3.08. The number of aliphatic hydroxyl groups excluding tert-OH is 1. The maximum absolute atomic E-state index is 9.29. The normalized spacial score (nSPS) is 16.8. The van der Waals surface area contributed by atoms with Crippen molar-refractivity contribution >= 4 is 0 Å². The summed E-state index contributed by atoms with van der Waals surface area (Å²) in [6.45, 7) is 6.50. The summed E-state index contributed by atoms with van der Waals surface area (Å²) < 4.78 is 0. The zero-order valence-electron chi connectivity index (χ0n) is 11.1. The van der Waals surface area contributed by atoms with Crippen molar-refractivity contribution in [3.63, 3.8) is 0 Å². The van der Waals surface area contributed by atoms with Gasteiger partial charge in [0, 0.05) is 6.42 Å². The Bertz CT molecular complexity index is 321. The van der Waals surface area contributed by atoms with Crippen molar-refractivity contribution in [2.24, 2.45) is 5.92 Å². The van der Waals surface area contributed by atoms with E-state index >= 15 is 0 Å². The SMILES string of the molecule is CCC(C)CC(C)(CC(O)O)c1ccccc1. The molecule has 2 atom stereocenters. The first kappa shape index (κ1) is 14.2. The molecular weight excluding hydrogens is 212 g/mol. The number of aliphatic hydroxyl groups is 2. The average molecular weight is 236 g/mol. The topological polar surface area (TPSA) is 40.5 Å². The van der Waals surface area contributed by atoms with Crippen molar-refractivity contribution in [2.45, 2.75) is 51.7 Å². The van der Waals surface area contributed by atoms with Crippen LogP contribution in [0.25, 0.3) is 0 Å². The standard InChI is InChI=1S/C15H24O2/c1-4-12(2)10-15(3,11-14(16)17)13-8-6-5-7-9-13/h5-9,12,14,16-17H,4,10-11H2,1-3H3. The molecule has 0 bridgehead atoms. The monoisotopic (exact) mass is 236 g/mol. The summed E-state index contributed by atoms with van der Waals surface area (Å²) >= 11 is 0. The smallest absolute Gasteiger partial charge is 0.152 e. The fraction of sp³-hybridized carbons (Fsp3) is 0.600. The molecule has 0 saturated carbocycles. The molecule has 0 saturated heterocycles. The van der Waals surface area contributed by atoms with E-state index < -0.39 is 6.29 Å². The molecule has 1 aromatic carbocycles. The van der Waals surface area contributed by atoms with Gasteiger partial charge >= 0.3 is 0 Å². The van der Waals surface area contributed by atoms with Gasteiger partial charge in [-0.05, 0) is 23.3 Å². The lowest BCUT2D eigenvalue weighted by molar-refractivity contribution is -0.0612. The Labute approximate surface area is 104 Å². The Balaban J connectivity index is 2.93. The van der Waals surface area contributed by atoms with Gasteiger partial charge in [0.1, 0.15) is 0 Å². The molecule has 0 aromatic heterocycles. The van der Waals surface area contributed by atoms with Crippen LogP contribution >= 0.6 is 0 Å². The first-order valence-corrected chi connectivity index (χ1v) is 6.39. The van der Waals surface area contributed by atoms with Crippen molar-refractivity contribution in [3.05, 3.63) is 35.9 Å². The van der Waals surface area contributed by atoms with E-state index in [-0.39, 0.29) is 5.41 Å². The van der Waals surface area contributed by atoms with Crippen molar-refractivity contribution < 1.29 is 10.2 Å². The van der Waals surface area contributed by atoms with Gasteiger partial charge in [-0.25, -0.2) is 0 Å². The first-order valence-electron chi connectivity index (χ1n) is 6.39. The summed E-state index contributed by atoms with van der Waals surface area (Å²) in [6.07, 6.45) is 1.24. The van der Waals surface area contributed by atoms with E-state index in [2.05, 4.69) is 32.9 Å². The minimum atomic E-state index is -1.25. The molecule has 0 fully saturated rings. The van der Waals surface area contributed by atoms with Crippen LogP contribution in [0.2, 0.25) is 0 Å². The Kier molecular flexibility index (Phi) is 5.16. The van der Waals surface area contributed by atoms with Crippen molar-refractivity contribution in [3.8, 4) is 0 Å². The highest BCUT2D eigenvalue weighted by Gasteiger charge is 2.30. The van der Waals surface area contributed by atoms with E-state index in [1.807, 2.05) is 18.2 Å². The highest BCUT2D eigenvalue weighted by atomic mass is 16.5. The summed E-state index contributed by atoms with van der Waals surface area (Å²) in [6, 6.07) is 10.2. The van der Waals surface area contributed by atoms with Crippen LogP contribution in [0.5, 0.6) is 0 Å². The van der Waals surface area contributed by atoms with Gasteiger partial charge in [-0.1, -0.05) is 57.5 Å². The minimum Gasteiger partial charge on any atom is -0.368 e.